The zero-order valence-electron chi connectivity index (χ0n) is 13.2. The molecule has 0 fully saturated rings. The molecule has 0 bridgehead atoms. The maximum absolute atomic E-state index is 11.4. The number of esters is 1. The Morgan fingerprint density at radius 2 is 1.79 bits per heavy atom. The van der Waals surface area contributed by atoms with Crippen molar-refractivity contribution < 1.29 is 14.4 Å². The van der Waals surface area contributed by atoms with Gasteiger partial charge in [0.2, 0.25) is 0 Å². The standard InChI is InChI=1S/C18H17Cl2NO3/c1-23-18(22)10-9-17(14-7-8-15(19)16(20)11-14)21-24-12-13-5-3-2-4-6-13/h2-8,11H,9-10,12H2,1H3/b21-17-. The average Bonchev–Trinajstić information content (AvgIpc) is 2.61. The summed E-state index contributed by atoms with van der Waals surface area (Å²) in [5, 5.41) is 5.05. The van der Waals surface area contributed by atoms with E-state index in [9.17, 15) is 4.79 Å². The quantitative estimate of drug-likeness (QED) is 0.399. The second kappa shape index (κ2) is 9.30. The molecule has 0 radical (unpaired) electrons. The van der Waals surface area contributed by atoms with Gasteiger partial charge in [-0.15, -0.1) is 0 Å². The number of carbonyl (C=O) groups is 1. The van der Waals surface area contributed by atoms with Crippen LogP contribution < -0.4 is 0 Å². The van der Waals surface area contributed by atoms with Crippen molar-refractivity contribution in [3.63, 3.8) is 0 Å². The lowest BCUT2D eigenvalue weighted by Gasteiger charge is -2.08. The summed E-state index contributed by atoms with van der Waals surface area (Å²) in [5.74, 6) is -0.314. The number of hydrogen-bond acceptors (Lipinski definition) is 4. The number of halogens is 2. The largest absolute Gasteiger partial charge is 0.469 e. The molecule has 0 atom stereocenters. The molecule has 0 unspecified atom stereocenters. The van der Waals surface area contributed by atoms with Crippen molar-refractivity contribution in [1.82, 2.24) is 0 Å². The maximum atomic E-state index is 11.4. The van der Waals surface area contributed by atoms with Crippen molar-refractivity contribution in [2.75, 3.05) is 7.11 Å². The van der Waals surface area contributed by atoms with E-state index in [1.54, 1.807) is 18.2 Å². The molecule has 2 aromatic carbocycles. The Labute approximate surface area is 151 Å². The van der Waals surface area contributed by atoms with Crippen LogP contribution in [0.2, 0.25) is 10.0 Å². The van der Waals surface area contributed by atoms with Gasteiger partial charge in [0.1, 0.15) is 6.61 Å². The fourth-order valence-corrected chi connectivity index (χ4v) is 2.30. The summed E-state index contributed by atoms with van der Waals surface area (Å²) in [7, 11) is 1.35. The van der Waals surface area contributed by atoms with Gasteiger partial charge >= 0.3 is 5.97 Å². The van der Waals surface area contributed by atoms with E-state index in [0.717, 1.165) is 11.1 Å². The van der Waals surface area contributed by atoms with Crippen molar-refractivity contribution in [1.29, 1.82) is 0 Å². The molecule has 24 heavy (non-hydrogen) atoms. The first kappa shape index (κ1) is 18.3. The SMILES string of the molecule is COC(=O)CC/C(=N/OCc1ccccc1)c1ccc(Cl)c(Cl)c1. The molecule has 0 aliphatic carbocycles. The third-order valence-electron chi connectivity index (χ3n) is 3.30. The minimum Gasteiger partial charge on any atom is -0.469 e. The van der Waals surface area contributed by atoms with Gasteiger partial charge in [0.25, 0.3) is 0 Å². The van der Waals surface area contributed by atoms with Gasteiger partial charge in [-0.1, -0.05) is 64.8 Å². The van der Waals surface area contributed by atoms with E-state index in [2.05, 4.69) is 9.89 Å². The number of hydrogen-bond donors (Lipinski definition) is 0. The van der Waals surface area contributed by atoms with Gasteiger partial charge < -0.3 is 9.57 Å². The number of rotatable bonds is 7. The van der Waals surface area contributed by atoms with Crippen molar-refractivity contribution >= 4 is 34.9 Å². The maximum Gasteiger partial charge on any atom is 0.305 e. The van der Waals surface area contributed by atoms with Crippen LogP contribution in [-0.2, 0) is 21.0 Å². The molecule has 0 N–H and O–H groups in total. The minimum absolute atomic E-state index is 0.199. The minimum atomic E-state index is -0.314. The smallest absolute Gasteiger partial charge is 0.305 e. The summed E-state index contributed by atoms with van der Waals surface area (Å²) in [4.78, 5) is 16.8. The van der Waals surface area contributed by atoms with Gasteiger partial charge in [-0.25, -0.2) is 0 Å². The van der Waals surface area contributed by atoms with Crippen LogP contribution in [0.3, 0.4) is 0 Å². The predicted octanol–water partition coefficient (Wildman–Crippen LogP) is 4.87. The molecule has 4 nitrogen and oxygen atoms in total. The number of benzene rings is 2. The topological polar surface area (TPSA) is 47.9 Å². The highest BCUT2D eigenvalue weighted by molar-refractivity contribution is 6.42. The molecule has 2 rings (SSSR count). The molecule has 126 valence electrons. The van der Waals surface area contributed by atoms with Crippen molar-refractivity contribution in [3.05, 3.63) is 69.7 Å². The summed E-state index contributed by atoms with van der Waals surface area (Å²) in [6.07, 6.45) is 0.573. The predicted molar refractivity (Wildman–Crippen MR) is 95.5 cm³/mol. The Hall–Kier alpha value is -2.04. The van der Waals surface area contributed by atoms with Crippen LogP contribution >= 0.6 is 23.2 Å². The highest BCUT2D eigenvalue weighted by Crippen LogP contribution is 2.24. The molecule has 0 aliphatic heterocycles. The monoisotopic (exact) mass is 365 g/mol. The number of nitrogens with zero attached hydrogens (tertiary/aromatic N) is 1. The Morgan fingerprint density at radius 1 is 1.04 bits per heavy atom. The lowest BCUT2D eigenvalue weighted by atomic mass is 10.1. The van der Waals surface area contributed by atoms with E-state index in [1.807, 2.05) is 30.3 Å². The molecule has 0 aromatic heterocycles. The normalized spacial score (nSPS) is 11.2. The summed E-state index contributed by atoms with van der Waals surface area (Å²) in [6.45, 7) is 0.337. The van der Waals surface area contributed by atoms with Crippen LogP contribution in [-0.4, -0.2) is 18.8 Å². The van der Waals surface area contributed by atoms with E-state index in [-0.39, 0.29) is 12.4 Å². The van der Waals surface area contributed by atoms with E-state index in [0.29, 0.717) is 28.8 Å². The summed E-state index contributed by atoms with van der Waals surface area (Å²) >= 11 is 12.0. The van der Waals surface area contributed by atoms with Crippen LogP contribution in [0.25, 0.3) is 0 Å². The number of methoxy groups -OCH3 is 1. The van der Waals surface area contributed by atoms with Crippen LogP contribution in [0.1, 0.15) is 24.0 Å². The zero-order chi connectivity index (χ0) is 17.4. The second-order valence-corrected chi connectivity index (χ2v) is 5.82. The van der Waals surface area contributed by atoms with Crippen LogP contribution in [0.5, 0.6) is 0 Å². The van der Waals surface area contributed by atoms with Gasteiger partial charge in [-0.2, -0.15) is 0 Å². The fraction of sp³-hybridized carbons (Fsp3) is 0.222. The van der Waals surface area contributed by atoms with E-state index in [1.165, 1.54) is 7.11 Å². The van der Waals surface area contributed by atoms with Gasteiger partial charge in [-0.05, 0) is 17.7 Å². The Bertz CT molecular complexity index is 717. The highest BCUT2D eigenvalue weighted by atomic mass is 35.5. The van der Waals surface area contributed by atoms with Crippen molar-refractivity contribution in [2.45, 2.75) is 19.4 Å². The molecule has 2 aromatic rings. The Balaban J connectivity index is 2.13. The van der Waals surface area contributed by atoms with Crippen LogP contribution in [0.15, 0.2) is 53.7 Å². The van der Waals surface area contributed by atoms with E-state index >= 15 is 0 Å². The third kappa shape index (κ3) is 5.55. The summed E-state index contributed by atoms with van der Waals surface area (Å²) < 4.78 is 4.67. The molecule has 0 amide bonds. The average molecular weight is 366 g/mol. The van der Waals surface area contributed by atoms with Gasteiger partial charge in [0, 0.05) is 12.0 Å². The Morgan fingerprint density at radius 3 is 2.46 bits per heavy atom. The molecular formula is C18H17Cl2NO3. The summed E-state index contributed by atoms with van der Waals surface area (Å²) in [6, 6.07) is 14.9. The lowest BCUT2D eigenvalue weighted by molar-refractivity contribution is -0.140. The van der Waals surface area contributed by atoms with Crippen LogP contribution in [0.4, 0.5) is 0 Å². The molecular weight excluding hydrogens is 349 g/mol. The van der Waals surface area contributed by atoms with Gasteiger partial charge in [-0.3, -0.25) is 4.79 Å². The molecule has 0 spiro atoms. The fourth-order valence-electron chi connectivity index (χ4n) is 2.00. The first-order valence-corrected chi connectivity index (χ1v) is 8.10. The number of ether oxygens (including phenoxy) is 1. The molecule has 0 heterocycles. The number of carbonyl (C=O) groups excluding carboxylic acids is 1. The van der Waals surface area contributed by atoms with E-state index < -0.39 is 0 Å². The lowest BCUT2D eigenvalue weighted by Crippen LogP contribution is -2.08. The first-order chi connectivity index (χ1) is 11.6. The molecule has 6 heteroatoms. The van der Waals surface area contributed by atoms with Crippen LogP contribution in [0, 0.1) is 0 Å². The Kier molecular flexibility index (Phi) is 7.09. The molecule has 0 saturated heterocycles. The van der Waals surface area contributed by atoms with Crippen molar-refractivity contribution in [3.8, 4) is 0 Å². The zero-order valence-corrected chi connectivity index (χ0v) is 14.7. The van der Waals surface area contributed by atoms with Gasteiger partial charge in [0.15, 0.2) is 0 Å². The second-order valence-electron chi connectivity index (χ2n) is 5.00. The molecule has 0 aliphatic rings. The summed E-state index contributed by atoms with van der Waals surface area (Å²) in [5.41, 5.74) is 2.36. The first-order valence-electron chi connectivity index (χ1n) is 7.35. The highest BCUT2D eigenvalue weighted by Gasteiger charge is 2.11. The van der Waals surface area contributed by atoms with Crippen molar-refractivity contribution in [2.24, 2.45) is 5.16 Å². The number of oxime groups is 1. The van der Waals surface area contributed by atoms with E-state index in [4.69, 9.17) is 28.0 Å². The van der Waals surface area contributed by atoms with Gasteiger partial charge in [0.05, 0.1) is 29.3 Å². The third-order valence-corrected chi connectivity index (χ3v) is 4.03. The molecule has 0 saturated carbocycles.